The SMILES string of the molecule is CCC(NC(=O)N1CC(=O)Nc2ccccc21)C(=O)O. The van der Waals surface area contributed by atoms with E-state index in [9.17, 15) is 14.4 Å². The molecule has 0 saturated heterocycles. The number of amides is 3. The average molecular weight is 277 g/mol. The zero-order valence-electron chi connectivity index (χ0n) is 10.9. The minimum atomic E-state index is -1.10. The molecule has 1 atom stereocenters. The molecule has 1 aromatic rings. The molecule has 0 fully saturated rings. The Morgan fingerprint density at radius 3 is 2.80 bits per heavy atom. The molecule has 0 bridgehead atoms. The summed E-state index contributed by atoms with van der Waals surface area (Å²) in [6, 6.07) is 5.29. The van der Waals surface area contributed by atoms with Crippen molar-refractivity contribution in [2.75, 3.05) is 16.8 Å². The van der Waals surface area contributed by atoms with E-state index in [0.29, 0.717) is 11.4 Å². The third-order valence-electron chi connectivity index (χ3n) is 3.02. The van der Waals surface area contributed by atoms with Crippen LogP contribution in [0.3, 0.4) is 0 Å². The number of carbonyl (C=O) groups is 3. The summed E-state index contributed by atoms with van der Waals surface area (Å²) < 4.78 is 0. The van der Waals surface area contributed by atoms with Gasteiger partial charge in [-0.2, -0.15) is 0 Å². The van der Waals surface area contributed by atoms with Crippen LogP contribution in [0.1, 0.15) is 13.3 Å². The molecule has 0 aromatic heterocycles. The number of nitrogens with one attached hydrogen (secondary N) is 2. The summed E-state index contributed by atoms with van der Waals surface area (Å²) in [5.74, 6) is -1.42. The largest absolute Gasteiger partial charge is 0.480 e. The van der Waals surface area contributed by atoms with Crippen LogP contribution >= 0.6 is 0 Å². The van der Waals surface area contributed by atoms with Crippen LogP contribution in [0.25, 0.3) is 0 Å². The Hall–Kier alpha value is -2.57. The molecule has 0 radical (unpaired) electrons. The van der Waals surface area contributed by atoms with Crippen LogP contribution in [0, 0.1) is 0 Å². The molecule has 2 rings (SSSR count). The van der Waals surface area contributed by atoms with E-state index in [4.69, 9.17) is 5.11 Å². The molecule has 1 heterocycles. The first-order chi connectivity index (χ1) is 9.52. The Bertz CT molecular complexity index is 558. The summed E-state index contributed by atoms with van der Waals surface area (Å²) in [5.41, 5.74) is 1.08. The minimum absolute atomic E-state index is 0.140. The lowest BCUT2D eigenvalue weighted by molar-refractivity contribution is -0.139. The van der Waals surface area contributed by atoms with Crippen molar-refractivity contribution in [2.24, 2.45) is 0 Å². The quantitative estimate of drug-likeness (QED) is 0.768. The molecular formula is C13H15N3O4. The van der Waals surface area contributed by atoms with Crippen LogP contribution in [-0.2, 0) is 9.59 Å². The van der Waals surface area contributed by atoms with E-state index in [-0.39, 0.29) is 18.9 Å². The van der Waals surface area contributed by atoms with Crippen molar-refractivity contribution in [3.05, 3.63) is 24.3 Å². The van der Waals surface area contributed by atoms with Gasteiger partial charge in [0.2, 0.25) is 5.91 Å². The molecule has 1 aliphatic rings. The van der Waals surface area contributed by atoms with Gasteiger partial charge in [-0.1, -0.05) is 19.1 Å². The van der Waals surface area contributed by atoms with Crippen molar-refractivity contribution in [2.45, 2.75) is 19.4 Å². The van der Waals surface area contributed by atoms with Crippen LogP contribution in [0.5, 0.6) is 0 Å². The van der Waals surface area contributed by atoms with Gasteiger partial charge in [0.25, 0.3) is 0 Å². The number of nitrogens with zero attached hydrogens (tertiary/aromatic N) is 1. The second kappa shape index (κ2) is 5.60. The Kier molecular flexibility index (Phi) is 3.88. The highest BCUT2D eigenvalue weighted by molar-refractivity contribution is 6.09. The van der Waals surface area contributed by atoms with Gasteiger partial charge >= 0.3 is 12.0 Å². The summed E-state index contributed by atoms with van der Waals surface area (Å²) in [5, 5.41) is 14.0. The molecule has 0 aliphatic carbocycles. The van der Waals surface area contributed by atoms with Gasteiger partial charge in [0.1, 0.15) is 12.6 Å². The van der Waals surface area contributed by atoms with Gasteiger partial charge in [-0.3, -0.25) is 9.69 Å². The fourth-order valence-electron chi connectivity index (χ4n) is 1.98. The maximum absolute atomic E-state index is 12.2. The van der Waals surface area contributed by atoms with E-state index in [1.54, 1.807) is 31.2 Å². The van der Waals surface area contributed by atoms with Crippen molar-refractivity contribution >= 4 is 29.3 Å². The molecule has 7 nitrogen and oxygen atoms in total. The second-order valence-corrected chi connectivity index (χ2v) is 4.40. The first-order valence-electron chi connectivity index (χ1n) is 6.22. The lowest BCUT2D eigenvalue weighted by Crippen LogP contribution is -2.51. The van der Waals surface area contributed by atoms with Gasteiger partial charge in [-0.25, -0.2) is 9.59 Å². The van der Waals surface area contributed by atoms with Crippen LogP contribution in [0.2, 0.25) is 0 Å². The molecular weight excluding hydrogens is 262 g/mol. The molecule has 3 N–H and O–H groups in total. The summed E-state index contributed by atoms with van der Waals surface area (Å²) in [6.07, 6.45) is 0.267. The normalized spacial score (nSPS) is 15.1. The van der Waals surface area contributed by atoms with Gasteiger partial charge in [0, 0.05) is 0 Å². The Labute approximate surface area is 115 Å². The van der Waals surface area contributed by atoms with Gasteiger partial charge in [0.05, 0.1) is 11.4 Å². The van der Waals surface area contributed by atoms with E-state index in [1.165, 1.54) is 4.90 Å². The third kappa shape index (κ3) is 2.71. The molecule has 7 heteroatoms. The smallest absolute Gasteiger partial charge is 0.326 e. The van der Waals surface area contributed by atoms with Gasteiger partial charge in [-0.15, -0.1) is 0 Å². The Morgan fingerprint density at radius 2 is 2.15 bits per heavy atom. The maximum Gasteiger partial charge on any atom is 0.326 e. The van der Waals surface area contributed by atoms with E-state index in [0.717, 1.165) is 0 Å². The first kappa shape index (κ1) is 13.9. The Morgan fingerprint density at radius 1 is 1.45 bits per heavy atom. The minimum Gasteiger partial charge on any atom is -0.480 e. The fraction of sp³-hybridized carbons (Fsp3) is 0.308. The number of fused-ring (bicyclic) bond motifs is 1. The molecule has 0 saturated carbocycles. The number of anilines is 2. The topological polar surface area (TPSA) is 98.7 Å². The number of benzene rings is 1. The predicted molar refractivity (Wildman–Crippen MR) is 72.7 cm³/mol. The van der Waals surface area contributed by atoms with Gasteiger partial charge < -0.3 is 15.7 Å². The number of hydrogen-bond acceptors (Lipinski definition) is 3. The highest BCUT2D eigenvalue weighted by Crippen LogP contribution is 2.28. The van der Waals surface area contributed by atoms with E-state index >= 15 is 0 Å². The highest BCUT2D eigenvalue weighted by atomic mass is 16.4. The lowest BCUT2D eigenvalue weighted by Gasteiger charge is -2.30. The monoisotopic (exact) mass is 277 g/mol. The maximum atomic E-state index is 12.2. The van der Waals surface area contributed by atoms with E-state index in [1.807, 2.05) is 0 Å². The van der Waals surface area contributed by atoms with E-state index < -0.39 is 18.0 Å². The second-order valence-electron chi connectivity index (χ2n) is 4.40. The van der Waals surface area contributed by atoms with Crippen molar-refractivity contribution in [1.82, 2.24) is 5.32 Å². The number of para-hydroxylation sites is 2. The molecule has 106 valence electrons. The van der Waals surface area contributed by atoms with Crippen LogP contribution < -0.4 is 15.5 Å². The lowest BCUT2D eigenvalue weighted by atomic mass is 10.2. The zero-order chi connectivity index (χ0) is 14.7. The Balaban J connectivity index is 2.22. The number of urea groups is 1. The summed E-state index contributed by atoms with van der Waals surface area (Å²) in [7, 11) is 0. The fourth-order valence-corrected chi connectivity index (χ4v) is 1.98. The first-order valence-corrected chi connectivity index (χ1v) is 6.22. The van der Waals surface area contributed by atoms with Gasteiger partial charge in [-0.05, 0) is 18.6 Å². The molecule has 1 unspecified atom stereocenters. The van der Waals surface area contributed by atoms with Crippen molar-refractivity contribution in [3.8, 4) is 0 Å². The van der Waals surface area contributed by atoms with Crippen molar-refractivity contribution < 1.29 is 19.5 Å². The number of carbonyl (C=O) groups excluding carboxylic acids is 2. The van der Waals surface area contributed by atoms with Crippen molar-refractivity contribution in [3.63, 3.8) is 0 Å². The predicted octanol–water partition coefficient (Wildman–Crippen LogP) is 1.02. The highest BCUT2D eigenvalue weighted by Gasteiger charge is 2.28. The van der Waals surface area contributed by atoms with Crippen LogP contribution in [-0.4, -0.2) is 35.6 Å². The van der Waals surface area contributed by atoms with Crippen LogP contribution in [0.4, 0.5) is 16.2 Å². The van der Waals surface area contributed by atoms with Crippen LogP contribution in [0.15, 0.2) is 24.3 Å². The molecule has 3 amide bonds. The number of hydrogen-bond donors (Lipinski definition) is 3. The standard InChI is InChI=1S/C13H15N3O4/c1-2-8(12(18)19)15-13(20)16-7-11(17)14-9-5-3-4-6-10(9)16/h3-6,8H,2,7H2,1H3,(H,14,17)(H,15,20)(H,18,19). The molecule has 1 aliphatic heterocycles. The van der Waals surface area contributed by atoms with E-state index in [2.05, 4.69) is 10.6 Å². The number of rotatable bonds is 3. The third-order valence-corrected chi connectivity index (χ3v) is 3.02. The average Bonchev–Trinajstić information content (AvgIpc) is 2.43. The summed E-state index contributed by atoms with van der Waals surface area (Å²) in [6.45, 7) is 1.52. The summed E-state index contributed by atoms with van der Waals surface area (Å²) >= 11 is 0. The van der Waals surface area contributed by atoms with Gasteiger partial charge in [0.15, 0.2) is 0 Å². The summed E-state index contributed by atoms with van der Waals surface area (Å²) in [4.78, 5) is 35.9. The number of carboxylic acids is 1. The molecule has 1 aromatic carbocycles. The van der Waals surface area contributed by atoms with Crippen molar-refractivity contribution in [1.29, 1.82) is 0 Å². The molecule has 0 spiro atoms. The number of aliphatic carboxylic acids is 1. The zero-order valence-corrected chi connectivity index (χ0v) is 10.9. The molecule has 20 heavy (non-hydrogen) atoms. The number of carboxylic acid groups (broad SMARTS) is 1.